The smallest absolute Gasteiger partial charge is 0.349 e. The molecular weight excluding hydrogens is 434 g/mol. The number of thiophene rings is 1. The van der Waals surface area contributed by atoms with Crippen molar-refractivity contribution < 1.29 is 9.53 Å². The molecule has 0 aliphatic carbocycles. The van der Waals surface area contributed by atoms with Gasteiger partial charge in [-0.3, -0.25) is 9.36 Å². The van der Waals surface area contributed by atoms with Gasteiger partial charge < -0.3 is 4.74 Å². The van der Waals surface area contributed by atoms with Crippen LogP contribution >= 0.6 is 22.9 Å². The quantitative estimate of drug-likeness (QED) is 0.326. The van der Waals surface area contributed by atoms with Gasteiger partial charge in [0.05, 0.1) is 10.9 Å². The summed E-state index contributed by atoms with van der Waals surface area (Å²) in [6.07, 6.45) is 1.71. The molecule has 0 unspecified atom stereocenters. The van der Waals surface area contributed by atoms with Crippen molar-refractivity contribution in [3.8, 4) is 0 Å². The molecule has 0 saturated heterocycles. The number of aryl methyl sites for hydroxylation is 4. The lowest BCUT2D eigenvalue weighted by atomic mass is 10.0. The van der Waals surface area contributed by atoms with Crippen molar-refractivity contribution in [3.05, 3.63) is 66.7 Å². The number of rotatable bonds is 3. The van der Waals surface area contributed by atoms with Crippen LogP contribution in [0.15, 0.2) is 23.0 Å². The Morgan fingerprint density at radius 3 is 2.84 bits per heavy atom. The predicted octanol–water partition coefficient (Wildman–Crippen LogP) is 4.89. The van der Waals surface area contributed by atoms with Crippen molar-refractivity contribution in [2.75, 3.05) is 0 Å². The molecule has 4 heterocycles. The van der Waals surface area contributed by atoms with E-state index in [1.807, 2.05) is 32.0 Å². The van der Waals surface area contributed by atoms with E-state index in [-0.39, 0.29) is 12.2 Å². The Bertz CT molecular complexity index is 1450. The highest BCUT2D eigenvalue weighted by molar-refractivity contribution is 7.20. The zero-order valence-electron chi connectivity index (χ0n) is 17.4. The highest BCUT2D eigenvalue weighted by atomic mass is 35.5. The molecule has 158 valence electrons. The minimum atomic E-state index is -0.485. The number of ether oxygens (including phenoxy) is 1. The Hall–Kier alpha value is -2.77. The molecule has 5 rings (SSSR count). The van der Waals surface area contributed by atoms with Crippen LogP contribution in [-0.2, 0) is 24.3 Å². The van der Waals surface area contributed by atoms with E-state index in [1.54, 1.807) is 11.5 Å². The van der Waals surface area contributed by atoms with Crippen molar-refractivity contribution in [2.24, 2.45) is 0 Å². The van der Waals surface area contributed by atoms with Gasteiger partial charge >= 0.3 is 5.97 Å². The summed E-state index contributed by atoms with van der Waals surface area (Å²) in [5.74, 6) is 0.305. The van der Waals surface area contributed by atoms with E-state index in [2.05, 4.69) is 9.97 Å². The number of carbonyl (C=O) groups excluding carboxylic acids is 1. The Labute approximate surface area is 187 Å². The molecule has 3 aromatic heterocycles. The van der Waals surface area contributed by atoms with Gasteiger partial charge in [0.15, 0.2) is 0 Å². The standard InChI is InChI=1S/C23H20ClN3O3S/c1-11-6-7-14-9-15(20(24)26-18(14)12(11)2)10-30-23(29)19-13(3)17-21(31-19)25-16-5-4-8-27(16)22(17)28/h6-7,9H,4-5,8,10H2,1-3H3. The van der Waals surface area contributed by atoms with Crippen LogP contribution < -0.4 is 5.56 Å². The van der Waals surface area contributed by atoms with Gasteiger partial charge in [-0.05, 0) is 49.9 Å². The average Bonchev–Trinajstić information content (AvgIpc) is 3.35. The van der Waals surface area contributed by atoms with Crippen molar-refractivity contribution >= 4 is 50.0 Å². The van der Waals surface area contributed by atoms with Crippen LogP contribution in [0, 0.1) is 20.8 Å². The number of benzene rings is 1. The van der Waals surface area contributed by atoms with Crippen molar-refractivity contribution in [2.45, 2.75) is 46.8 Å². The molecule has 0 N–H and O–H groups in total. The van der Waals surface area contributed by atoms with E-state index in [0.717, 1.165) is 40.7 Å². The maximum Gasteiger partial charge on any atom is 0.349 e. The topological polar surface area (TPSA) is 74.1 Å². The normalized spacial score (nSPS) is 13.2. The van der Waals surface area contributed by atoms with E-state index in [0.29, 0.717) is 37.9 Å². The van der Waals surface area contributed by atoms with Gasteiger partial charge in [0, 0.05) is 23.9 Å². The summed E-state index contributed by atoms with van der Waals surface area (Å²) in [5.41, 5.74) is 4.26. The Balaban J connectivity index is 1.45. The van der Waals surface area contributed by atoms with Crippen LogP contribution in [0.3, 0.4) is 0 Å². The molecular formula is C23H20ClN3O3S. The van der Waals surface area contributed by atoms with Gasteiger partial charge in [-0.15, -0.1) is 11.3 Å². The summed E-state index contributed by atoms with van der Waals surface area (Å²) in [7, 11) is 0. The summed E-state index contributed by atoms with van der Waals surface area (Å²) in [6.45, 7) is 6.50. The molecule has 0 atom stereocenters. The molecule has 8 heteroatoms. The van der Waals surface area contributed by atoms with E-state index in [1.165, 1.54) is 11.3 Å². The lowest BCUT2D eigenvalue weighted by Gasteiger charge is -2.10. The summed E-state index contributed by atoms with van der Waals surface area (Å²) in [6, 6.07) is 5.92. The van der Waals surface area contributed by atoms with Gasteiger partial charge in [0.1, 0.15) is 27.3 Å². The summed E-state index contributed by atoms with van der Waals surface area (Å²) in [5, 5.41) is 1.78. The molecule has 4 aromatic rings. The fourth-order valence-corrected chi connectivity index (χ4v) is 5.36. The number of hydrogen-bond donors (Lipinski definition) is 0. The van der Waals surface area contributed by atoms with Gasteiger partial charge in [-0.1, -0.05) is 23.7 Å². The minimum absolute atomic E-state index is 0.00409. The molecule has 0 bridgehead atoms. The molecule has 6 nitrogen and oxygen atoms in total. The third-order valence-corrected chi connectivity index (χ3v) is 7.49. The second-order valence-electron chi connectivity index (χ2n) is 7.92. The van der Waals surface area contributed by atoms with E-state index >= 15 is 0 Å². The zero-order valence-corrected chi connectivity index (χ0v) is 19.0. The summed E-state index contributed by atoms with van der Waals surface area (Å²) >= 11 is 7.59. The van der Waals surface area contributed by atoms with Crippen LogP contribution in [0.1, 0.15) is 44.2 Å². The van der Waals surface area contributed by atoms with E-state index in [4.69, 9.17) is 16.3 Å². The van der Waals surface area contributed by atoms with Crippen LogP contribution in [0.25, 0.3) is 21.1 Å². The zero-order chi connectivity index (χ0) is 21.9. The first-order chi connectivity index (χ1) is 14.8. The fourth-order valence-electron chi connectivity index (χ4n) is 4.08. The van der Waals surface area contributed by atoms with Gasteiger partial charge in [-0.25, -0.2) is 14.8 Å². The van der Waals surface area contributed by atoms with Crippen molar-refractivity contribution in [1.82, 2.24) is 14.5 Å². The molecule has 0 radical (unpaired) electrons. The number of nitrogens with zero attached hydrogens (tertiary/aromatic N) is 3. The highest BCUT2D eigenvalue weighted by Gasteiger charge is 2.24. The molecule has 1 aliphatic heterocycles. The molecule has 0 amide bonds. The lowest BCUT2D eigenvalue weighted by molar-refractivity contribution is 0.0478. The number of halogens is 1. The number of hydrogen-bond acceptors (Lipinski definition) is 6. The first-order valence-corrected chi connectivity index (χ1v) is 11.3. The van der Waals surface area contributed by atoms with Crippen LogP contribution in [-0.4, -0.2) is 20.5 Å². The molecule has 0 fully saturated rings. The number of pyridine rings is 1. The maximum absolute atomic E-state index is 12.8. The molecule has 31 heavy (non-hydrogen) atoms. The van der Waals surface area contributed by atoms with Crippen molar-refractivity contribution in [1.29, 1.82) is 0 Å². The third-order valence-electron chi connectivity index (χ3n) is 5.99. The largest absolute Gasteiger partial charge is 0.457 e. The van der Waals surface area contributed by atoms with Gasteiger partial charge in [-0.2, -0.15) is 0 Å². The second kappa shape index (κ2) is 7.43. The summed E-state index contributed by atoms with van der Waals surface area (Å²) < 4.78 is 7.27. The Morgan fingerprint density at radius 1 is 1.23 bits per heavy atom. The van der Waals surface area contributed by atoms with Crippen LogP contribution in [0.5, 0.6) is 0 Å². The molecule has 0 saturated carbocycles. The minimum Gasteiger partial charge on any atom is -0.457 e. The number of carbonyl (C=O) groups is 1. The van der Waals surface area contributed by atoms with Crippen molar-refractivity contribution in [3.63, 3.8) is 0 Å². The number of aromatic nitrogens is 3. The van der Waals surface area contributed by atoms with Crippen LogP contribution in [0.4, 0.5) is 0 Å². The SMILES string of the molecule is Cc1ccc2cc(COC(=O)c3sc4nc5n(c(=O)c4c3C)CCC5)c(Cl)nc2c1C. The molecule has 0 spiro atoms. The van der Waals surface area contributed by atoms with Gasteiger partial charge in [0.2, 0.25) is 0 Å². The second-order valence-corrected chi connectivity index (χ2v) is 9.28. The third kappa shape index (κ3) is 3.23. The fraction of sp³-hybridized carbons (Fsp3) is 0.304. The molecule has 1 aromatic carbocycles. The predicted molar refractivity (Wildman–Crippen MR) is 122 cm³/mol. The Morgan fingerprint density at radius 2 is 2.03 bits per heavy atom. The van der Waals surface area contributed by atoms with E-state index < -0.39 is 5.97 Å². The summed E-state index contributed by atoms with van der Waals surface area (Å²) in [4.78, 5) is 35.8. The average molecular weight is 454 g/mol. The number of esters is 1. The lowest BCUT2D eigenvalue weighted by Crippen LogP contribution is -2.20. The van der Waals surface area contributed by atoms with Crippen LogP contribution in [0.2, 0.25) is 5.15 Å². The highest BCUT2D eigenvalue weighted by Crippen LogP contribution is 2.30. The Kier molecular flexibility index (Phi) is 4.83. The molecule has 1 aliphatic rings. The van der Waals surface area contributed by atoms with Gasteiger partial charge in [0.25, 0.3) is 5.56 Å². The first-order valence-electron chi connectivity index (χ1n) is 10.1. The monoisotopic (exact) mass is 453 g/mol. The first kappa shape index (κ1) is 20.2. The maximum atomic E-state index is 12.8. The number of fused-ring (bicyclic) bond motifs is 3. The van der Waals surface area contributed by atoms with E-state index in [9.17, 15) is 9.59 Å².